The molecule has 15 nitrogen and oxygen atoms in total. The van der Waals surface area contributed by atoms with E-state index in [-0.39, 0.29) is 0 Å². The van der Waals surface area contributed by atoms with E-state index in [0.717, 1.165) is 0 Å². The molecule has 3 saturated heterocycles. The lowest BCUT2D eigenvalue weighted by atomic mass is 9.97. The zero-order chi connectivity index (χ0) is 25.3. The smallest absolute Gasteiger partial charge is 0.187 e. The molecule has 0 radical (unpaired) electrons. The maximum absolute atomic E-state index is 10.3. The minimum absolute atomic E-state index is 0.551. The molecule has 34 heavy (non-hydrogen) atoms. The van der Waals surface area contributed by atoms with Gasteiger partial charge in [-0.05, 0) is 6.92 Å². The summed E-state index contributed by atoms with van der Waals surface area (Å²) < 4.78 is 32.0. The normalized spacial score (nSPS) is 52.5. The van der Waals surface area contributed by atoms with Crippen LogP contribution in [0, 0.1) is 0 Å². The first kappa shape index (κ1) is 28.0. The molecule has 0 unspecified atom stereocenters. The Morgan fingerprint density at radius 2 is 1.21 bits per heavy atom. The Labute approximate surface area is 194 Å². The molecule has 3 heterocycles. The zero-order valence-corrected chi connectivity index (χ0v) is 18.5. The second-order valence-electron chi connectivity index (χ2n) is 8.57. The molecule has 3 rings (SSSR count). The molecular weight excluding hydrogens is 468 g/mol. The average Bonchev–Trinajstić information content (AvgIpc) is 2.81. The van der Waals surface area contributed by atoms with Crippen LogP contribution in [0.5, 0.6) is 0 Å². The lowest BCUT2D eigenvalue weighted by Gasteiger charge is -2.46. The first-order valence-corrected chi connectivity index (χ1v) is 10.8. The van der Waals surface area contributed by atoms with Gasteiger partial charge in [-0.1, -0.05) is 0 Å². The highest BCUT2D eigenvalue weighted by molar-refractivity contribution is 4.94. The molecule has 9 N–H and O–H groups in total. The van der Waals surface area contributed by atoms with Gasteiger partial charge in [0.05, 0.1) is 19.3 Å². The van der Waals surface area contributed by atoms with Crippen molar-refractivity contribution in [2.45, 2.75) is 99.0 Å². The number of methoxy groups -OCH3 is 1. The Balaban J connectivity index is 1.66. The Morgan fingerprint density at radius 1 is 0.647 bits per heavy atom. The molecule has 0 bridgehead atoms. The Hall–Kier alpha value is -0.600. The van der Waals surface area contributed by atoms with Crippen LogP contribution in [0.4, 0.5) is 0 Å². The largest absolute Gasteiger partial charge is 0.394 e. The number of aliphatic hydroxyl groups excluding tert-OH is 9. The number of aliphatic hydroxyl groups is 9. The standard InChI is InChI=1S/C19H34O15/c1-5-8(21)15(29-2)16(17(28)31-5)34-19-14(27)12(25)10(23)7(33-19)4-30-18-13(26)11(24)9(22)6(3-20)32-18/h5-28H,3-4H2,1-2H3/t5-,6-,7-,8+,9-,10-,11+,12+,13-,14-,15+,16-,17-,18-,19+/m1/s1. The maximum atomic E-state index is 10.3. The monoisotopic (exact) mass is 502 g/mol. The van der Waals surface area contributed by atoms with Crippen molar-refractivity contribution in [2.24, 2.45) is 0 Å². The van der Waals surface area contributed by atoms with Crippen LogP contribution in [0.3, 0.4) is 0 Å². The van der Waals surface area contributed by atoms with Crippen molar-refractivity contribution < 1.29 is 74.4 Å². The fourth-order valence-electron chi connectivity index (χ4n) is 4.14. The summed E-state index contributed by atoms with van der Waals surface area (Å²) in [4.78, 5) is 0. The number of rotatable bonds is 7. The van der Waals surface area contributed by atoms with Crippen molar-refractivity contribution in [1.29, 1.82) is 0 Å². The minimum atomic E-state index is -1.78. The molecule has 0 spiro atoms. The molecule has 0 saturated carbocycles. The SMILES string of the molecule is CO[C@H]1[C@@H](O)[C@@H](C)O[C@@H](O)[C@@H]1O[C@@H]1O[C@H](CO[C@@H]2O[C@H](CO)[C@@H](O)[C@H](O)[C@H]2O)[C@@H](O)[C@H](O)[C@H]1O. The minimum Gasteiger partial charge on any atom is -0.394 e. The van der Waals surface area contributed by atoms with Crippen molar-refractivity contribution in [2.75, 3.05) is 20.3 Å². The van der Waals surface area contributed by atoms with Gasteiger partial charge in [-0.25, -0.2) is 0 Å². The molecule has 3 aliphatic rings. The zero-order valence-electron chi connectivity index (χ0n) is 18.5. The van der Waals surface area contributed by atoms with Gasteiger partial charge in [-0.3, -0.25) is 0 Å². The van der Waals surface area contributed by atoms with Crippen LogP contribution in [0.15, 0.2) is 0 Å². The van der Waals surface area contributed by atoms with Crippen molar-refractivity contribution in [1.82, 2.24) is 0 Å². The lowest BCUT2D eigenvalue weighted by molar-refractivity contribution is -0.367. The van der Waals surface area contributed by atoms with E-state index in [1.165, 1.54) is 14.0 Å². The van der Waals surface area contributed by atoms with E-state index in [2.05, 4.69) is 0 Å². The van der Waals surface area contributed by atoms with Crippen LogP contribution >= 0.6 is 0 Å². The maximum Gasteiger partial charge on any atom is 0.187 e. The molecule has 3 aliphatic heterocycles. The second kappa shape index (κ2) is 11.6. The van der Waals surface area contributed by atoms with E-state index in [1.54, 1.807) is 0 Å². The average molecular weight is 502 g/mol. The summed E-state index contributed by atoms with van der Waals surface area (Å²) in [6.07, 6.45) is -22.0. The van der Waals surface area contributed by atoms with Crippen molar-refractivity contribution in [3.63, 3.8) is 0 Å². The molecule has 0 aliphatic carbocycles. The number of hydrogen-bond donors (Lipinski definition) is 9. The van der Waals surface area contributed by atoms with Crippen LogP contribution in [0.1, 0.15) is 6.92 Å². The molecule has 0 aromatic rings. The fraction of sp³-hybridized carbons (Fsp3) is 1.00. The molecule has 15 heteroatoms. The molecular formula is C19H34O15. The lowest BCUT2D eigenvalue weighted by Crippen LogP contribution is -2.64. The molecule has 0 aromatic carbocycles. The Kier molecular flexibility index (Phi) is 9.57. The summed E-state index contributed by atoms with van der Waals surface area (Å²) in [7, 11) is 1.27. The predicted octanol–water partition coefficient (Wildman–Crippen LogP) is -5.89. The summed E-state index contributed by atoms with van der Waals surface area (Å²) in [5.41, 5.74) is 0. The highest BCUT2D eigenvalue weighted by Gasteiger charge is 2.51. The first-order valence-electron chi connectivity index (χ1n) is 10.8. The van der Waals surface area contributed by atoms with Gasteiger partial charge in [0.15, 0.2) is 18.9 Å². The summed E-state index contributed by atoms with van der Waals surface area (Å²) in [6.45, 7) is 0.282. The topological polar surface area (TPSA) is 237 Å². The molecule has 0 amide bonds. The summed E-state index contributed by atoms with van der Waals surface area (Å²) >= 11 is 0. The second-order valence-corrected chi connectivity index (χ2v) is 8.57. The molecule has 15 atom stereocenters. The van der Waals surface area contributed by atoms with Gasteiger partial charge in [-0.15, -0.1) is 0 Å². The molecule has 200 valence electrons. The highest BCUT2D eigenvalue weighted by Crippen LogP contribution is 2.30. The Bertz CT molecular complexity index is 639. The first-order chi connectivity index (χ1) is 16.0. The summed E-state index contributed by atoms with van der Waals surface area (Å²) in [5.74, 6) is 0. The molecule has 3 fully saturated rings. The van der Waals surface area contributed by atoms with Gasteiger partial charge in [0.1, 0.15) is 67.1 Å². The van der Waals surface area contributed by atoms with E-state index in [4.69, 9.17) is 28.4 Å². The predicted molar refractivity (Wildman–Crippen MR) is 105 cm³/mol. The van der Waals surface area contributed by atoms with Crippen molar-refractivity contribution in [3.05, 3.63) is 0 Å². The molecule has 0 aromatic heterocycles. The summed E-state index contributed by atoms with van der Waals surface area (Å²) in [6, 6.07) is 0. The van der Waals surface area contributed by atoms with Gasteiger partial charge in [-0.2, -0.15) is 0 Å². The Morgan fingerprint density at radius 3 is 1.79 bits per heavy atom. The van der Waals surface area contributed by atoms with E-state index < -0.39 is 105 Å². The van der Waals surface area contributed by atoms with Crippen molar-refractivity contribution in [3.8, 4) is 0 Å². The van der Waals surface area contributed by atoms with Crippen LogP contribution < -0.4 is 0 Å². The van der Waals surface area contributed by atoms with Gasteiger partial charge in [0.2, 0.25) is 0 Å². The van der Waals surface area contributed by atoms with Gasteiger partial charge < -0.3 is 74.4 Å². The van der Waals surface area contributed by atoms with E-state index in [9.17, 15) is 46.0 Å². The quantitative estimate of drug-likeness (QED) is 0.157. The van der Waals surface area contributed by atoms with Gasteiger partial charge >= 0.3 is 0 Å². The third-order valence-electron chi connectivity index (χ3n) is 6.28. The fourth-order valence-corrected chi connectivity index (χ4v) is 4.14. The van der Waals surface area contributed by atoms with Crippen LogP contribution in [0.2, 0.25) is 0 Å². The number of ether oxygens (including phenoxy) is 6. The van der Waals surface area contributed by atoms with Crippen molar-refractivity contribution >= 4 is 0 Å². The van der Waals surface area contributed by atoms with E-state index in [1.807, 2.05) is 0 Å². The van der Waals surface area contributed by atoms with E-state index in [0.29, 0.717) is 0 Å². The van der Waals surface area contributed by atoms with Crippen LogP contribution in [-0.2, 0) is 28.4 Å². The van der Waals surface area contributed by atoms with Gasteiger partial charge in [0, 0.05) is 7.11 Å². The number of hydrogen-bond acceptors (Lipinski definition) is 15. The van der Waals surface area contributed by atoms with Gasteiger partial charge in [0.25, 0.3) is 0 Å². The van der Waals surface area contributed by atoms with Crippen LogP contribution in [0.25, 0.3) is 0 Å². The highest BCUT2D eigenvalue weighted by atomic mass is 16.7. The van der Waals surface area contributed by atoms with Crippen LogP contribution in [-0.4, -0.2) is 158 Å². The third kappa shape index (κ3) is 5.54. The summed E-state index contributed by atoms with van der Waals surface area (Å²) in [5, 5.41) is 90.4. The third-order valence-corrected chi connectivity index (χ3v) is 6.28. The van der Waals surface area contributed by atoms with E-state index >= 15 is 0 Å².